The number of piperidine rings is 1. The number of methoxy groups -OCH3 is 1. The molecule has 1 aromatic carbocycles. The molecule has 19 heavy (non-hydrogen) atoms. The molecule has 0 bridgehead atoms. The van der Waals surface area contributed by atoms with Crippen LogP contribution in [0.25, 0.3) is 0 Å². The van der Waals surface area contributed by atoms with Crippen LogP contribution in [0.3, 0.4) is 0 Å². The normalized spacial score (nSPS) is 16.1. The van der Waals surface area contributed by atoms with Gasteiger partial charge in [0.25, 0.3) is 0 Å². The third-order valence-electron chi connectivity index (χ3n) is 3.64. The fourth-order valence-corrected chi connectivity index (χ4v) is 2.46. The second kappa shape index (κ2) is 6.57. The zero-order chi connectivity index (χ0) is 13.7. The molecule has 1 saturated heterocycles. The van der Waals surface area contributed by atoms with Crippen LogP contribution in [0.15, 0.2) is 18.2 Å². The van der Waals surface area contributed by atoms with Gasteiger partial charge in [-0.15, -0.1) is 0 Å². The number of rotatable bonds is 4. The molecule has 1 heterocycles. The third-order valence-corrected chi connectivity index (χ3v) is 3.64. The second-order valence-electron chi connectivity index (χ2n) is 4.89. The Hall–Kier alpha value is -1.55. The molecule has 0 saturated carbocycles. The van der Waals surface area contributed by atoms with E-state index in [-0.39, 0.29) is 11.8 Å². The molecular weight excluding hydrogens is 240 g/mol. The number of aryl methyl sites for hydroxylation is 1. The fraction of sp³-hybridized carbons (Fsp3) is 0.533. The van der Waals surface area contributed by atoms with Crippen molar-refractivity contribution < 1.29 is 9.53 Å². The molecule has 1 amide bonds. The summed E-state index contributed by atoms with van der Waals surface area (Å²) in [5.41, 5.74) is 1.98. The minimum atomic E-state index is 0.133. The lowest BCUT2D eigenvalue weighted by molar-refractivity contribution is -0.120. The molecule has 1 aliphatic heterocycles. The smallest absolute Gasteiger partial charge is 0.227 e. The van der Waals surface area contributed by atoms with Gasteiger partial charge in [0.1, 0.15) is 5.75 Å². The van der Waals surface area contributed by atoms with Gasteiger partial charge in [-0.05, 0) is 56.1 Å². The SMILES string of the molecule is CCc1cc(NC(=O)C2CCNCC2)ccc1OC. The first-order valence-corrected chi connectivity index (χ1v) is 6.93. The molecule has 0 atom stereocenters. The van der Waals surface area contributed by atoms with Crippen molar-refractivity contribution in [2.75, 3.05) is 25.5 Å². The van der Waals surface area contributed by atoms with Gasteiger partial charge >= 0.3 is 0 Å². The summed E-state index contributed by atoms with van der Waals surface area (Å²) in [6.45, 7) is 3.94. The number of ether oxygens (including phenoxy) is 1. The van der Waals surface area contributed by atoms with Gasteiger partial charge in [0, 0.05) is 11.6 Å². The van der Waals surface area contributed by atoms with Gasteiger partial charge in [-0.25, -0.2) is 0 Å². The van der Waals surface area contributed by atoms with Crippen molar-refractivity contribution in [3.05, 3.63) is 23.8 Å². The third kappa shape index (κ3) is 3.47. The summed E-state index contributed by atoms with van der Waals surface area (Å²) < 4.78 is 5.29. The highest BCUT2D eigenvalue weighted by Crippen LogP contribution is 2.24. The lowest BCUT2D eigenvalue weighted by Gasteiger charge is -2.22. The lowest BCUT2D eigenvalue weighted by atomic mass is 9.97. The Morgan fingerprint density at radius 2 is 2.16 bits per heavy atom. The topological polar surface area (TPSA) is 50.4 Å². The van der Waals surface area contributed by atoms with Crippen LogP contribution in [0.1, 0.15) is 25.3 Å². The predicted molar refractivity (Wildman–Crippen MR) is 76.6 cm³/mol. The first-order valence-electron chi connectivity index (χ1n) is 6.93. The molecule has 104 valence electrons. The van der Waals surface area contributed by atoms with Crippen LogP contribution in [0.4, 0.5) is 5.69 Å². The fourth-order valence-electron chi connectivity index (χ4n) is 2.46. The van der Waals surface area contributed by atoms with E-state index in [0.717, 1.165) is 49.4 Å². The van der Waals surface area contributed by atoms with Gasteiger partial charge in [0.2, 0.25) is 5.91 Å². The summed E-state index contributed by atoms with van der Waals surface area (Å²) in [5.74, 6) is 1.14. The summed E-state index contributed by atoms with van der Waals surface area (Å²) in [6.07, 6.45) is 2.73. The molecule has 1 fully saturated rings. The summed E-state index contributed by atoms with van der Waals surface area (Å²) in [6, 6.07) is 5.81. The second-order valence-corrected chi connectivity index (χ2v) is 4.89. The number of nitrogens with one attached hydrogen (secondary N) is 2. The van der Waals surface area contributed by atoms with Crippen molar-refractivity contribution in [1.82, 2.24) is 5.32 Å². The Labute approximate surface area is 114 Å². The highest BCUT2D eigenvalue weighted by atomic mass is 16.5. The number of anilines is 1. The average Bonchev–Trinajstić information content (AvgIpc) is 2.48. The Morgan fingerprint density at radius 1 is 1.42 bits per heavy atom. The van der Waals surface area contributed by atoms with Crippen molar-refractivity contribution >= 4 is 11.6 Å². The maximum Gasteiger partial charge on any atom is 0.227 e. The van der Waals surface area contributed by atoms with Gasteiger partial charge in [-0.3, -0.25) is 4.79 Å². The molecule has 0 aliphatic carbocycles. The Bertz CT molecular complexity index is 440. The van der Waals surface area contributed by atoms with Crippen LogP contribution in [-0.4, -0.2) is 26.1 Å². The number of carbonyl (C=O) groups excluding carboxylic acids is 1. The minimum Gasteiger partial charge on any atom is -0.496 e. The van der Waals surface area contributed by atoms with E-state index in [1.165, 1.54) is 0 Å². The van der Waals surface area contributed by atoms with E-state index in [2.05, 4.69) is 17.6 Å². The van der Waals surface area contributed by atoms with Gasteiger partial charge in [-0.1, -0.05) is 6.92 Å². The van der Waals surface area contributed by atoms with E-state index in [9.17, 15) is 4.79 Å². The Kier molecular flexibility index (Phi) is 4.80. The molecule has 0 unspecified atom stereocenters. The van der Waals surface area contributed by atoms with E-state index in [4.69, 9.17) is 4.74 Å². The van der Waals surface area contributed by atoms with Crippen LogP contribution in [-0.2, 0) is 11.2 Å². The maximum atomic E-state index is 12.2. The monoisotopic (exact) mass is 262 g/mol. The first-order chi connectivity index (χ1) is 9.24. The van der Waals surface area contributed by atoms with Gasteiger partial charge < -0.3 is 15.4 Å². The number of hydrogen-bond donors (Lipinski definition) is 2. The highest BCUT2D eigenvalue weighted by molar-refractivity contribution is 5.92. The number of amides is 1. The number of benzene rings is 1. The van der Waals surface area contributed by atoms with E-state index >= 15 is 0 Å². The molecule has 1 aliphatic rings. The van der Waals surface area contributed by atoms with Crippen LogP contribution in [0, 0.1) is 5.92 Å². The van der Waals surface area contributed by atoms with E-state index in [0.29, 0.717) is 0 Å². The number of carbonyl (C=O) groups is 1. The lowest BCUT2D eigenvalue weighted by Crippen LogP contribution is -2.34. The zero-order valence-electron chi connectivity index (χ0n) is 11.7. The summed E-state index contributed by atoms with van der Waals surface area (Å²) in [4.78, 5) is 12.2. The van der Waals surface area contributed by atoms with Crippen molar-refractivity contribution in [1.29, 1.82) is 0 Å². The van der Waals surface area contributed by atoms with Crippen molar-refractivity contribution in [3.8, 4) is 5.75 Å². The van der Waals surface area contributed by atoms with Gasteiger partial charge in [-0.2, -0.15) is 0 Å². The van der Waals surface area contributed by atoms with Crippen molar-refractivity contribution in [2.24, 2.45) is 5.92 Å². The van der Waals surface area contributed by atoms with Gasteiger partial charge in [0.05, 0.1) is 7.11 Å². The summed E-state index contributed by atoms with van der Waals surface area (Å²) in [7, 11) is 1.67. The van der Waals surface area contributed by atoms with Gasteiger partial charge in [0.15, 0.2) is 0 Å². The molecule has 4 nitrogen and oxygen atoms in total. The quantitative estimate of drug-likeness (QED) is 0.874. The standard InChI is InChI=1S/C15H22N2O2/c1-3-11-10-13(4-5-14(11)19-2)17-15(18)12-6-8-16-9-7-12/h4-5,10,12,16H,3,6-9H2,1-2H3,(H,17,18). The molecule has 0 spiro atoms. The van der Waals surface area contributed by atoms with Crippen molar-refractivity contribution in [3.63, 3.8) is 0 Å². The zero-order valence-corrected chi connectivity index (χ0v) is 11.7. The van der Waals surface area contributed by atoms with E-state index < -0.39 is 0 Å². The molecule has 0 aromatic heterocycles. The van der Waals surface area contributed by atoms with E-state index in [1.54, 1.807) is 7.11 Å². The number of hydrogen-bond acceptors (Lipinski definition) is 3. The molecular formula is C15H22N2O2. The molecule has 2 N–H and O–H groups in total. The van der Waals surface area contributed by atoms with Crippen molar-refractivity contribution in [2.45, 2.75) is 26.2 Å². The Morgan fingerprint density at radius 3 is 2.79 bits per heavy atom. The maximum absolute atomic E-state index is 12.2. The van der Waals surface area contributed by atoms with Crippen LogP contribution in [0.5, 0.6) is 5.75 Å². The first kappa shape index (κ1) is 13.9. The average molecular weight is 262 g/mol. The molecule has 2 rings (SSSR count). The Balaban J connectivity index is 2.03. The van der Waals surface area contributed by atoms with Crippen LogP contribution >= 0.6 is 0 Å². The molecule has 1 aromatic rings. The molecule has 4 heteroatoms. The largest absolute Gasteiger partial charge is 0.496 e. The van der Waals surface area contributed by atoms with Crippen LogP contribution in [0.2, 0.25) is 0 Å². The van der Waals surface area contributed by atoms with E-state index in [1.807, 2.05) is 18.2 Å². The predicted octanol–water partition coefficient (Wildman–Crippen LogP) is 2.20. The van der Waals surface area contributed by atoms with Crippen LogP contribution < -0.4 is 15.4 Å². The highest BCUT2D eigenvalue weighted by Gasteiger charge is 2.20. The summed E-state index contributed by atoms with van der Waals surface area (Å²) in [5, 5.41) is 6.29. The minimum absolute atomic E-state index is 0.133. The molecule has 0 radical (unpaired) electrons. The summed E-state index contributed by atoms with van der Waals surface area (Å²) >= 11 is 0.